The van der Waals surface area contributed by atoms with Crippen LogP contribution in [0.2, 0.25) is 0 Å². The predicted octanol–water partition coefficient (Wildman–Crippen LogP) is 2.14. The van der Waals surface area contributed by atoms with Crippen LogP contribution in [0.1, 0.15) is 23.0 Å². The first-order valence-electron chi connectivity index (χ1n) is 5.47. The third-order valence-electron chi connectivity index (χ3n) is 2.60. The quantitative estimate of drug-likeness (QED) is 0.756. The minimum Gasteiger partial charge on any atom is -0.496 e. The second-order valence-corrected chi connectivity index (χ2v) is 3.56. The lowest BCUT2D eigenvalue weighted by Gasteiger charge is -2.08. The molecule has 0 N–H and O–H groups in total. The Hall–Kier alpha value is -2.10. The maximum absolute atomic E-state index is 12.3. The number of benzene rings is 1. The average Bonchev–Trinajstić information content (AvgIpc) is 2.86. The van der Waals surface area contributed by atoms with Crippen molar-refractivity contribution in [2.75, 3.05) is 7.11 Å². The summed E-state index contributed by atoms with van der Waals surface area (Å²) in [6, 6.07) is 8.92. The highest BCUT2D eigenvalue weighted by Crippen LogP contribution is 2.20. The molecule has 0 unspecified atom stereocenters. The lowest BCUT2D eigenvalue weighted by atomic mass is 10.1. The molecule has 0 saturated carbocycles. The fourth-order valence-corrected chi connectivity index (χ4v) is 1.75. The molecular weight excluding hydrogens is 216 g/mol. The third kappa shape index (κ3) is 2.06. The van der Waals surface area contributed by atoms with Gasteiger partial charge in [-0.05, 0) is 25.1 Å². The number of rotatable bonds is 4. The van der Waals surface area contributed by atoms with Crippen LogP contribution >= 0.6 is 0 Å². The topological polar surface area (TPSA) is 44.1 Å². The van der Waals surface area contributed by atoms with Crippen molar-refractivity contribution in [3.63, 3.8) is 0 Å². The molecule has 0 fully saturated rings. The third-order valence-corrected chi connectivity index (χ3v) is 2.60. The summed E-state index contributed by atoms with van der Waals surface area (Å²) in [7, 11) is 1.56. The Bertz CT molecular complexity index is 532. The zero-order valence-electron chi connectivity index (χ0n) is 9.88. The Kier molecular flexibility index (Phi) is 3.23. The summed E-state index contributed by atoms with van der Waals surface area (Å²) in [4.78, 5) is 12.3. The van der Waals surface area contributed by atoms with Gasteiger partial charge in [-0.3, -0.25) is 9.48 Å². The van der Waals surface area contributed by atoms with E-state index in [-0.39, 0.29) is 5.78 Å². The summed E-state index contributed by atoms with van der Waals surface area (Å²) in [5, 5.41) is 4.09. The molecule has 1 heterocycles. The number of methoxy groups -OCH3 is 1. The number of hydrogen-bond acceptors (Lipinski definition) is 3. The van der Waals surface area contributed by atoms with Crippen LogP contribution in [0, 0.1) is 0 Å². The van der Waals surface area contributed by atoms with Crippen LogP contribution in [-0.2, 0) is 6.54 Å². The van der Waals surface area contributed by atoms with Gasteiger partial charge in [0, 0.05) is 12.7 Å². The zero-order chi connectivity index (χ0) is 12.3. The number of ketones is 1. The molecule has 0 bridgehead atoms. The lowest BCUT2D eigenvalue weighted by Crippen LogP contribution is -2.11. The first-order valence-corrected chi connectivity index (χ1v) is 5.47. The maximum Gasteiger partial charge on any atom is 0.214 e. The Labute approximate surface area is 99.8 Å². The molecule has 1 aromatic heterocycles. The van der Waals surface area contributed by atoms with Gasteiger partial charge in [-0.15, -0.1) is 0 Å². The van der Waals surface area contributed by atoms with Gasteiger partial charge >= 0.3 is 0 Å². The van der Waals surface area contributed by atoms with Crippen LogP contribution in [0.5, 0.6) is 5.75 Å². The highest BCUT2D eigenvalue weighted by Gasteiger charge is 2.17. The SMILES string of the molecule is CCn1nccc1C(=O)c1ccccc1OC. The number of carbonyl (C=O) groups is 1. The second kappa shape index (κ2) is 4.82. The molecule has 0 saturated heterocycles. The molecule has 0 aliphatic rings. The number of ether oxygens (including phenoxy) is 1. The van der Waals surface area contributed by atoms with Crippen molar-refractivity contribution in [3.8, 4) is 5.75 Å². The van der Waals surface area contributed by atoms with Crippen molar-refractivity contribution in [1.82, 2.24) is 9.78 Å². The highest BCUT2D eigenvalue weighted by atomic mass is 16.5. The fraction of sp³-hybridized carbons (Fsp3) is 0.231. The van der Waals surface area contributed by atoms with Crippen LogP contribution in [0.4, 0.5) is 0 Å². The van der Waals surface area contributed by atoms with E-state index in [0.717, 1.165) is 0 Å². The minimum atomic E-state index is -0.0678. The van der Waals surface area contributed by atoms with Gasteiger partial charge in [-0.2, -0.15) is 5.10 Å². The van der Waals surface area contributed by atoms with E-state index in [1.54, 1.807) is 36.2 Å². The monoisotopic (exact) mass is 230 g/mol. The molecular formula is C13H14N2O2. The van der Waals surface area contributed by atoms with Gasteiger partial charge in [0.15, 0.2) is 0 Å². The summed E-state index contributed by atoms with van der Waals surface area (Å²) < 4.78 is 6.86. The van der Waals surface area contributed by atoms with E-state index in [0.29, 0.717) is 23.6 Å². The van der Waals surface area contributed by atoms with Gasteiger partial charge in [0.05, 0.1) is 12.7 Å². The molecule has 17 heavy (non-hydrogen) atoms. The number of hydrogen-bond donors (Lipinski definition) is 0. The Balaban J connectivity index is 2.44. The summed E-state index contributed by atoms with van der Waals surface area (Å²) in [5.41, 5.74) is 1.14. The van der Waals surface area contributed by atoms with Crippen LogP contribution in [0.3, 0.4) is 0 Å². The standard InChI is InChI=1S/C13H14N2O2/c1-3-15-11(8-9-14-15)13(16)10-6-4-5-7-12(10)17-2/h4-9H,3H2,1-2H3. The maximum atomic E-state index is 12.3. The van der Waals surface area contributed by atoms with Gasteiger partial charge in [0.1, 0.15) is 11.4 Å². The van der Waals surface area contributed by atoms with Crippen molar-refractivity contribution in [2.45, 2.75) is 13.5 Å². The molecule has 0 radical (unpaired) electrons. The van der Waals surface area contributed by atoms with E-state index in [1.165, 1.54) is 0 Å². The number of aryl methyl sites for hydroxylation is 1. The Morgan fingerprint density at radius 1 is 1.35 bits per heavy atom. The Morgan fingerprint density at radius 2 is 2.12 bits per heavy atom. The molecule has 2 aromatic rings. The zero-order valence-corrected chi connectivity index (χ0v) is 9.88. The summed E-state index contributed by atoms with van der Waals surface area (Å²) in [6.07, 6.45) is 1.63. The van der Waals surface area contributed by atoms with Crippen molar-refractivity contribution >= 4 is 5.78 Å². The first-order chi connectivity index (χ1) is 8.27. The largest absolute Gasteiger partial charge is 0.496 e. The number of para-hydroxylation sites is 1. The lowest BCUT2D eigenvalue weighted by molar-refractivity contribution is 0.102. The van der Waals surface area contributed by atoms with Gasteiger partial charge in [-0.25, -0.2) is 0 Å². The van der Waals surface area contributed by atoms with E-state index >= 15 is 0 Å². The molecule has 0 aliphatic carbocycles. The van der Waals surface area contributed by atoms with Crippen molar-refractivity contribution < 1.29 is 9.53 Å². The molecule has 88 valence electrons. The van der Waals surface area contributed by atoms with E-state index < -0.39 is 0 Å². The molecule has 0 amide bonds. The van der Waals surface area contributed by atoms with Crippen molar-refractivity contribution in [2.24, 2.45) is 0 Å². The van der Waals surface area contributed by atoms with Crippen LogP contribution in [0.25, 0.3) is 0 Å². The van der Waals surface area contributed by atoms with Gasteiger partial charge in [0.2, 0.25) is 5.78 Å². The first kappa shape index (κ1) is 11.4. The number of aromatic nitrogens is 2. The molecule has 1 aromatic carbocycles. The summed E-state index contributed by atoms with van der Waals surface area (Å²) in [5.74, 6) is 0.517. The highest BCUT2D eigenvalue weighted by molar-refractivity contribution is 6.09. The normalized spacial score (nSPS) is 10.2. The Morgan fingerprint density at radius 3 is 2.82 bits per heavy atom. The minimum absolute atomic E-state index is 0.0678. The van der Waals surface area contributed by atoms with Crippen molar-refractivity contribution in [1.29, 1.82) is 0 Å². The summed E-state index contributed by atoms with van der Waals surface area (Å²) in [6.45, 7) is 2.62. The van der Waals surface area contributed by atoms with E-state index in [2.05, 4.69) is 5.10 Å². The molecule has 0 aliphatic heterocycles. The second-order valence-electron chi connectivity index (χ2n) is 3.56. The average molecular weight is 230 g/mol. The van der Waals surface area contributed by atoms with E-state index in [4.69, 9.17) is 4.74 Å². The smallest absolute Gasteiger partial charge is 0.214 e. The van der Waals surface area contributed by atoms with E-state index in [1.807, 2.05) is 19.1 Å². The molecule has 0 spiro atoms. The van der Waals surface area contributed by atoms with Crippen LogP contribution in [0.15, 0.2) is 36.5 Å². The van der Waals surface area contributed by atoms with Crippen LogP contribution in [-0.4, -0.2) is 22.7 Å². The predicted molar refractivity (Wildman–Crippen MR) is 64.3 cm³/mol. The van der Waals surface area contributed by atoms with Gasteiger partial charge in [0.25, 0.3) is 0 Å². The summed E-state index contributed by atoms with van der Waals surface area (Å²) >= 11 is 0. The molecule has 4 nitrogen and oxygen atoms in total. The van der Waals surface area contributed by atoms with Gasteiger partial charge in [-0.1, -0.05) is 12.1 Å². The molecule has 0 atom stereocenters. The number of nitrogens with zero attached hydrogens (tertiary/aromatic N) is 2. The number of carbonyl (C=O) groups excluding carboxylic acids is 1. The molecule has 4 heteroatoms. The van der Waals surface area contributed by atoms with E-state index in [9.17, 15) is 4.79 Å². The fourth-order valence-electron chi connectivity index (χ4n) is 1.75. The van der Waals surface area contributed by atoms with Crippen LogP contribution < -0.4 is 4.74 Å². The van der Waals surface area contributed by atoms with Gasteiger partial charge < -0.3 is 4.74 Å². The van der Waals surface area contributed by atoms with Crippen molar-refractivity contribution in [3.05, 3.63) is 47.8 Å². The molecule has 2 rings (SSSR count).